The summed E-state index contributed by atoms with van der Waals surface area (Å²) in [7, 11) is 1.43. The molecule has 0 aliphatic heterocycles. The third kappa shape index (κ3) is 5.00. The SMILES string of the molecule is CCOC(=O)Oc1c(C(=O)N(C(=O)OCC)c2ccc(Cl)cc2)c(=O)n(C)c2ccc(Cl)cc12. The highest BCUT2D eigenvalue weighted by molar-refractivity contribution is 6.31. The lowest BCUT2D eigenvalue weighted by Crippen LogP contribution is -2.41. The molecule has 178 valence electrons. The van der Waals surface area contributed by atoms with Gasteiger partial charge < -0.3 is 18.8 Å². The zero-order valence-corrected chi connectivity index (χ0v) is 20.0. The molecule has 0 N–H and O–H groups in total. The fraction of sp³-hybridized carbons (Fsp3) is 0.217. The van der Waals surface area contributed by atoms with Gasteiger partial charge in [0.25, 0.3) is 11.5 Å². The van der Waals surface area contributed by atoms with Crippen LogP contribution in [0.25, 0.3) is 10.9 Å². The van der Waals surface area contributed by atoms with E-state index in [2.05, 4.69) is 0 Å². The summed E-state index contributed by atoms with van der Waals surface area (Å²) in [6.45, 7) is 3.09. The number of fused-ring (bicyclic) bond motifs is 1. The van der Waals surface area contributed by atoms with Crippen LogP contribution in [0.5, 0.6) is 5.75 Å². The highest BCUT2D eigenvalue weighted by Crippen LogP contribution is 2.32. The van der Waals surface area contributed by atoms with E-state index in [0.717, 1.165) is 0 Å². The topological polar surface area (TPSA) is 104 Å². The van der Waals surface area contributed by atoms with Crippen molar-refractivity contribution in [2.75, 3.05) is 18.1 Å². The molecule has 2 amide bonds. The Kier molecular flexibility index (Phi) is 7.80. The first-order valence-corrected chi connectivity index (χ1v) is 10.9. The summed E-state index contributed by atoms with van der Waals surface area (Å²) in [5.41, 5.74) is -0.988. The Balaban J connectivity index is 2.32. The van der Waals surface area contributed by atoms with Crippen LogP contribution >= 0.6 is 23.2 Å². The van der Waals surface area contributed by atoms with Gasteiger partial charge in [-0.3, -0.25) is 9.59 Å². The number of imide groups is 1. The van der Waals surface area contributed by atoms with Crippen LogP contribution in [-0.2, 0) is 16.5 Å². The summed E-state index contributed by atoms with van der Waals surface area (Å²) in [5.74, 6) is -1.48. The van der Waals surface area contributed by atoms with Crippen LogP contribution in [0.2, 0.25) is 10.0 Å². The maximum Gasteiger partial charge on any atom is 0.513 e. The molecular weight excluding hydrogens is 487 g/mol. The van der Waals surface area contributed by atoms with Crippen LogP contribution in [0.3, 0.4) is 0 Å². The molecule has 1 aromatic heterocycles. The Bertz CT molecular complexity index is 1320. The third-order valence-corrected chi connectivity index (χ3v) is 5.20. The number of benzene rings is 2. The number of nitrogens with zero attached hydrogens (tertiary/aromatic N) is 2. The van der Waals surface area contributed by atoms with E-state index < -0.39 is 35.0 Å². The zero-order valence-electron chi connectivity index (χ0n) is 18.5. The lowest BCUT2D eigenvalue weighted by Gasteiger charge is -2.22. The van der Waals surface area contributed by atoms with Crippen molar-refractivity contribution >= 4 is 57.9 Å². The minimum Gasteiger partial charge on any atom is -0.449 e. The van der Waals surface area contributed by atoms with Crippen LogP contribution in [0, 0.1) is 0 Å². The van der Waals surface area contributed by atoms with E-state index >= 15 is 0 Å². The molecular formula is C23H20Cl2N2O7. The van der Waals surface area contributed by atoms with Crippen molar-refractivity contribution in [3.63, 3.8) is 0 Å². The van der Waals surface area contributed by atoms with E-state index in [1.165, 1.54) is 54.1 Å². The van der Waals surface area contributed by atoms with Gasteiger partial charge in [-0.1, -0.05) is 23.2 Å². The van der Waals surface area contributed by atoms with Crippen LogP contribution in [-0.4, -0.2) is 35.9 Å². The Morgan fingerprint density at radius 3 is 2.18 bits per heavy atom. The molecule has 0 bridgehead atoms. The number of amides is 2. The van der Waals surface area contributed by atoms with Crippen LogP contribution in [0.1, 0.15) is 24.2 Å². The van der Waals surface area contributed by atoms with Crippen LogP contribution in [0.15, 0.2) is 47.3 Å². The fourth-order valence-corrected chi connectivity index (χ4v) is 3.51. The van der Waals surface area contributed by atoms with Gasteiger partial charge in [0.15, 0.2) is 5.75 Å². The summed E-state index contributed by atoms with van der Waals surface area (Å²) in [6, 6.07) is 10.2. The van der Waals surface area contributed by atoms with Crippen molar-refractivity contribution in [3.05, 3.63) is 68.4 Å². The predicted molar refractivity (Wildman–Crippen MR) is 127 cm³/mol. The summed E-state index contributed by atoms with van der Waals surface area (Å²) >= 11 is 12.1. The van der Waals surface area contributed by atoms with Crippen LogP contribution in [0.4, 0.5) is 15.3 Å². The molecule has 0 atom stereocenters. The van der Waals surface area contributed by atoms with Crippen molar-refractivity contribution in [3.8, 4) is 5.75 Å². The average Bonchev–Trinajstić information content (AvgIpc) is 2.79. The monoisotopic (exact) mass is 506 g/mol. The van der Waals surface area contributed by atoms with Gasteiger partial charge in [-0.05, 0) is 56.3 Å². The number of carbonyl (C=O) groups excluding carboxylic acids is 3. The number of anilines is 1. The number of ether oxygens (including phenoxy) is 3. The highest BCUT2D eigenvalue weighted by Gasteiger charge is 2.33. The third-order valence-electron chi connectivity index (χ3n) is 4.71. The van der Waals surface area contributed by atoms with E-state index in [1.54, 1.807) is 13.8 Å². The summed E-state index contributed by atoms with van der Waals surface area (Å²) in [6.07, 6.45) is -2.18. The molecule has 0 saturated carbocycles. The molecule has 11 heteroatoms. The second-order valence-corrected chi connectivity index (χ2v) is 7.70. The molecule has 0 unspecified atom stereocenters. The van der Waals surface area contributed by atoms with Gasteiger partial charge >= 0.3 is 12.2 Å². The normalized spacial score (nSPS) is 10.6. The Hall–Kier alpha value is -3.56. The predicted octanol–water partition coefficient (Wildman–Crippen LogP) is 5.18. The molecule has 9 nitrogen and oxygen atoms in total. The van der Waals surface area contributed by atoms with Crippen molar-refractivity contribution < 1.29 is 28.6 Å². The molecule has 0 saturated heterocycles. The number of rotatable bonds is 5. The lowest BCUT2D eigenvalue weighted by atomic mass is 10.1. The second kappa shape index (κ2) is 10.6. The Morgan fingerprint density at radius 1 is 0.941 bits per heavy atom. The van der Waals surface area contributed by atoms with E-state index in [1.807, 2.05) is 0 Å². The molecule has 0 aliphatic rings. The van der Waals surface area contributed by atoms with Gasteiger partial charge in [0.1, 0.15) is 5.56 Å². The van der Waals surface area contributed by atoms with Gasteiger partial charge in [0, 0.05) is 22.5 Å². The molecule has 0 radical (unpaired) electrons. The number of hydrogen-bond acceptors (Lipinski definition) is 7. The lowest BCUT2D eigenvalue weighted by molar-refractivity contribution is 0.0952. The Labute approximate surface area is 204 Å². The number of aryl methyl sites for hydroxylation is 1. The van der Waals surface area contributed by atoms with Gasteiger partial charge in [0.05, 0.1) is 24.4 Å². The van der Waals surface area contributed by atoms with Crippen molar-refractivity contribution in [1.29, 1.82) is 0 Å². The minimum atomic E-state index is -1.14. The molecule has 2 aromatic carbocycles. The zero-order chi connectivity index (χ0) is 25.0. The van der Waals surface area contributed by atoms with E-state index in [0.29, 0.717) is 15.4 Å². The molecule has 0 aliphatic carbocycles. The molecule has 0 fully saturated rings. The molecule has 1 heterocycles. The number of halogens is 2. The molecule has 3 aromatic rings. The smallest absolute Gasteiger partial charge is 0.449 e. The first-order valence-electron chi connectivity index (χ1n) is 10.1. The van der Waals surface area contributed by atoms with Gasteiger partial charge in [-0.25, -0.2) is 14.5 Å². The number of carbonyl (C=O) groups is 3. The van der Waals surface area contributed by atoms with E-state index in [-0.39, 0.29) is 29.3 Å². The molecule has 3 rings (SSSR count). The quantitative estimate of drug-likeness (QED) is 0.438. The van der Waals surface area contributed by atoms with Crippen LogP contribution < -0.4 is 15.2 Å². The first kappa shape index (κ1) is 25.1. The van der Waals surface area contributed by atoms with Crippen molar-refractivity contribution in [2.45, 2.75) is 13.8 Å². The maximum absolute atomic E-state index is 13.7. The number of aromatic nitrogens is 1. The van der Waals surface area contributed by atoms with Crippen molar-refractivity contribution in [2.24, 2.45) is 7.05 Å². The average molecular weight is 507 g/mol. The van der Waals surface area contributed by atoms with Gasteiger partial charge in [-0.15, -0.1) is 0 Å². The molecule has 34 heavy (non-hydrogen) atoms. The van der Waals surface area contributed by atoms with Gasteiger partial charge in [-0.2, -0.15) is 0 Å². The Morgan fingerprint density at radius 2 is 1.56 bits per heavy atom. The van der Waals surface area contributed by atoms with E-state index in [4.69, 9.17) is 37.4 Å². The number of pyridine rings is 1. The second-order valence-electron chi connectivity index (χ2n) is 6.83. The summed E-state index contributed by atoms with van der Waals surface area (Å²) in [4.78, 5) is 52.7. The first-order chi connectivity index (χ1) is 16.2. The fourth-order valence-electron chi connectivity index (χ4n) is 3.21. The largest absolute Gasteiger partial charge is 0.513 e. The van der Waals surface area contributed by atoms with E-state index in [9.17, 15) is 19.2 Å². The summed E-state index contributed by atoms with van der Waals surface area (Å²) < 4.78 is 16.4. The highest BCUT2D eigenvalue weighted by atomic mass is 35.5. The summed E-state index contributed by atoms with van der Waals surface area (Å²) in [5, 5.41) is 0.812. The standard InChI is InChI=1S/C23H20Cl2N2O7/c1-4-32-22(30)27(15-9-6-13(24)7-10-15)21(29)18-19(34-23(31)33-5-2)16-12-14(25)8-11-17(16)26(3)20(18)28/h6-12H,4-5H2,1-3H3. The van der Waals surface area contributed by atoms with Gasteiger partial charge in [0.2, 0.25) is 0 Å². The van der Waals surface area contributed by atoms with Crippen molar-refractivity contribution in [1.82, 2.24) is 4.57 Å². The number of hydrogen-bond donors (Lipinski definition) is 0. The molecule has 0 spiro atoms. The minimum absolute atomic E-state index is 0.00856. The maximum atomic E-state index is 13.7.